The molecule has 0 aliphatic heterocycles. The Morgan fingerprint density at radius 2 is 2.11 bits per heavy atom. The van der Waals surface area contributed by atoms with Crippen molar-refractivity contribution in [1.82, 2.24) is 4.98 Å². The fourth-order valence-electron chi connectivity index (χ4n) is 2.51. The molecular weight excluding hydrogens is 238 g/mol. The van der Waals surface area contributed by atoms with E-state index in [2.05, 4.69) is 29.3 Å². The van der Waals surface area contributed by atoms with Crippen molar-refractivity contribution in [2.24, 2.45) is 10.5 Å². The second-order valence-corrected chi connectivity index (χ2v) is 5.94. The van der Waals surface area contributed by atoms with Crippen molar-refractivity contribution in [3.63, 3.8) is 0 Å². The molecule has 1 saturated carbocycles. The fourth-order valence-corrected chi connectivity index (χ4v) is 2.51. The van der Waals surface area contributed by atoms with Gasteiger partial charge in [0.05, 0.1) is 5.56 Å². The quantitative estimate of drug-likeness (QED) is 0.438. The Morgan fingerprint density at radius 1 is 1.42 bits per heavy atom. The third kappa shape index (κ3) is 3.36. The third-order valence-electron chi connectivity index (χ3n) is 3.85. The highest BCUT2D eigenvalue weighted by Gasteiger charge is 2.27. The van der Waals surface area contributed by atoms with Crippen LogP contribution in [0.15, 0.2) is 23.4 Å². The molecule has 1 heterocycles. The minimum absolute atomic E-state index is 0.0493. The lowest BCUT2D eigenvalue weighted by Gasteiger charge is -2.35. The van der Waals surface area contributed by atoms with Gasteiger partial charge in [0.1, 0.15) is 5.82 Å². The Kier molecular flexibility index (Phi) is 3.93. The van der Waals surface area contributed by atoms with Crippen molar-refractivity contribution < 1.29 is 0 Å². The van der Waals surface area contributed by atoms with Crippen LogP contribution in [0.5, 0.6) is 0 Å². The van der Waals surface area contributed by atoms with Crippen LogP contribution in [0.3, 0.4) is 0 Å². The van der Waals surface area contributed by atoms with Gasteiger partial charge in [-0.2, -0.15) is 0 Å². The van der Waals surface area contributed by atoms with E-state index in [9.17, 15) is 0 Å². The van der Waals surface area contributed by atoms with E-state index in [0.717, 1.165) is 12.8 Å². The van der Waals surface area contributed by atoms with Gasteiger partial charge in [-0.25, -0.2) is 10.5 Å². The zero-order valence-corrected chi connectivity index (χ0v) is 11.5. The Morgan fingerprint density at radius 3 is 2.74 bits per heavy atom. The molecule has 1 aliphatic carbocycles. The van der Waals surface area contributed by atoms with E-state index in [0.29, 0.717) is 22.8 Å². The Bertz CT molecular complexity index is 470. The minimum Gasteiger partial charge on any atom is -0.367 e. The van der Waals surface area contributed by atoms with Crippen molar-refractivity contribution in [2.45, 2.75) is 45.6 Å². The topological polar surface area (TPSA) is 85.0 Å². The van der Waals surface area contributed by atoms with E-state index in [1.165, 1.54) is 12.8 Å². The van der Waals surface area contributed by atoms with E-state index in [1.54, 1.807) is 18.3 Å². The molecule has 102 valence electrons. The summed E-state index contributed by atoms with van der Waals surface area (Å²) in [5.74, 6) is 0.625. The summed E-state index contributed by atoms with van der Waals surface area (Å²) in [5.41, 5.74) is 8.00. The number of nitrogens with one attached hydrogen (secondary N) is 3. The SMILES string of the molecule is CC1(C)CCC(Nc2ncccc2C(=N)N=N)CC1. The first-order valence-corrected chi connectivity index (χ1v) is 6.70. The van der Waals surface area contributed by atoms with E-state index < -0.39 is 0 Å². The van der Waals surface area contributed by atoms with Crippen molar-refractivity contribution in [3.8, 4) is 0 Å². The van der Waals surface area contributed by atoms with Crippen LogP contribution in [0, 0.1) is 16.4 Å². The Balaban J connectivity index is 2.08. The molecule has 5 heteroatoms. The summed E-state index contributed by atoms with van der Waals surface area (Å²) >= 11 is 0. The summed E-state index contributed by atoms with van der Waals surface area (Å²) in [6.45, 7) is 4.62. The lowest BCUT2D eigenvalue weighted by Crippen LogP contribution is -2.30. The van der Waals surface area contributed by atoms with Crippen LogP contribution >= 0.6 is 0 Å². The highest BCUT2D eigenvalue weighted by molar-refractivity contribution is 6.00. The molecule has 0 radical (unpaired) electrons. The van der Waals surface area contributed by atoms with E-state index >= 15 is 0 Å². The van der Waals surface area contributed by atoms with Gasteiger partial charge in [0.25, 0.3) is 0 Å². The van der Waals surface area contributed by atoms with Crippen LogP contribution in [0.25, 0.3) is 0 Å². The largest absolute Gasteiger partial charge is 0.367 e. The molecule has 1 fully saturated rings. The van der Waals surface area contributed by atoms with Crippen LogP contribution in [0.4, 0.5) is 5.82 Å². The number of pyridine rings is 1. The molecule has 1 aromatic heterocycles. The highest BCUT2D eigenvalue weighted by Crippen LogP contribution is 2.36. The molecule has 0 saturated heterocycles. The normalized spacial score (nSPS) is 18.8. The summed E-state index contributed by atoms with van der Waals surface area (Å²) in [7, 11) is 0. The molecule has 1 aromatic rings. The number of aromatic nitrogens is 1. The number of anilines is 1. The smallest absolute Gasteiger partial charge is 0.177 e. The monoisotopic (exact) mass is 259 g/mol. The number of rotatable bonds is 3. The predicted molar refractivity (Wildman–Crippen MR) is 75.9 cm³/mol. The molecule has 19 heavy (non-hydrogen) atoms. The standard InChI is InChI=1S/C14H21N5/c1-14(2)7-5-10(6-8-14)18-13-11(12(15)19-16)4-3-9-17-13/h3-4,9-10,15-16H,5-8H2,1-2H3,(H,17,18). The van der Waals surface area contributed by atoms with Gasteiger partial charge in [-0.3, -0.25) is 5.41 Å². The predicted octanol–water partition coefficient (Wildman–Crippen LogP) is 3.82. The zero-order valence-electron chi connectivity index (χ0n) is 11.5. The van der Waals surface area contributed by atoms with Crippen molar-refractivity contribution >= 4 is 11.7 Å². The second-order valence-electron chi connectivity index (χ2n) is 5.94. The molecule has 0 spiro atoms. The van der Waals surface area contributed by atoms with E-state index in [-0.39, 0.29) is 5.84 Å². The zero-order chi connectivity index (χ0) is 13.9. The number of hydrogen-bond acceptors (Lipinski definition) is 4. The summed E-state index contributed by atoms with van der Waals surface area (Å²) < 4.78 is 0. The molecule has 1 aliphatic rings. The molecule has 0 bridgehead atoms. The lowest BCUT2D eigenvalue weighted by molar-refractivity contribution is 0.232. The summed E-state index contributed by atoms with van der Waals surface area (Å²) in [6, 6.07) is 3.95. The maximum atomic E-state index is 7.67. The molecule has 0 atom stereocenters. The molecule has 5 nitrogen and oxygen atoms in total. The molecule has 0 aromatic carbocycles. The number of amidine groups is 1. The minimum atomic E-state index is -0.0493. The van der Waals surface area contributed by atoms with Crippen LogP contribution in [0.1, 0.15) is 45.1 Å². The Hall–Kier alpha value is -1.78. The Labute approximate surface area is 113 Å². The van der Waals surface area contributed by atoms with Gasteiger partial charge in [-0.1, -0.05) is 13.8 Å². The summed E-state index contributed by atoms with van der Waals surface area (Å²) in [4.78, 5) is 4.28. The van der Waals surface area contributed by atoms with Crippen LogP contribution < -0.4 is 5.32 Å². The van der Waals surface area contributed by atoms with Crippen LogP contribution in [0.2, 0.25) is 0 Å². The first kappa shape index (κ1) is 13.6. The molecule has 3 N–H and O–H groups in total. The van der Waals surface area contributed by atoms with Gasteiger partial charge < -0.3 is 5.32 Å². The number of hydrogen-bond donors (Lipinski definition) is 3. The maximum Gasteiger partial charge on any atom is 0.177 e. The highest BCUT2D eigenvalue weighted by atomic mass is 15.0. The van der Waals surface area contributed by atoms with Crippen LogP contribution in [-0.4, -0.2) is 16.9 Å². The summed E-state index contributed by atoms with van der Waals surface area (Å²) in [6.07, 6.45) is 6.35. The van der Waals surface area contributed by atoms with Crippen molar-refractivity contribution in [1.29, 1.82) is 10.9 Å². The number of nitrogens with zero attached hydrogens (tertiary/aromatic N) is 2. The van der Waals surface area contributed by atoms with Gasteiger partial charge in [0.2, 0.25) is 0 Å². The molecule has 0 amide bonds. The first-order chi connectivity index (χ1) is 9.02. The molecular formula is C14H21N5. The van der Waals surface area contributed by atoms with Gasteiger partial charge in [0.15, 0.2) is 5.84 Å². The van der Waals surface area contributed by atoms with E-state index in [1.807, 2.05) is 0 Å². The average molecular weight is 259 g/mol. The lowest BCUT2D eigenvalue weighted by atomic mass is 9.75. The second kappa shape index (κ2) is 5.47. The van der Waals surface area contributed by atoms with Crippen LogP contribution in [-0.2, 0) is 0 Å². The van der Waals surface area contributed by atoms with Gasteiger partial charge in [-0.15, -0.1) is 5.11 Å². The average Bonchev–Trinajstić information content (AvgIpc) is 2.41. The van der Waals surface area contributed by atoms with Crippen molar-refractivity contribution in [2.75, 3.05) is 5.32 Å². The van der Waals surface area contributed by atoms with Crippen molar-refractivity contribution in [3.05, 3.63) is 23.9 Å². The first-order valence-electron chi connectivity index (χ1n) is 6.70. The van der Waals surface area contributed by atoms with Gasteiger partial charge in [0, 0.05) is 12.2 Å². The third-order valence-corrected chi connectivity index (χ3v) is 3.85. The van der Waals surface area contributed by atoms with Gasteiger partial charge >= 0.3 is 0 Å². The maximum absolute atomic E-state index is 7.67. The molecule has 2 rings (SSSR count). The summed E-state index contributed by atoms with van der Waals surface area (Å²) in [5, 5.41) is 14.3. The molecule has 0 unspecified atom stereocenters. The van der Waals surface area contributed by atoms with E-state index in [4.69, 9.17) is 10.9 Å². The fraction of sp³-hybridized carbons (Fsp3) is 0.571. The van der Waals surface area contributed by atoms with Gasteiger partial charge in [-0.05, 0) is 43.2 Å².